The van der Waals surface area contributed by atoms with Gasteiger partial charge in [0.25, 0.3) is 0 Å². The van der Waals surface area contributed by atoms with Crippen LogP contribution in [-0.2, 0) is 6.54 Å². The Morgan fingerprint density at radius 3 is 2.82 bits per heavy atom. The van der Waals surface area contributed by atoms with Gasteiger partial charge < -0.3 is 5.32 Å². The maximum absolute atomic E-state index is 13.5. The van der Waals surface area contributed by atoms with Crippen LogP contribution in [-0.4, -0.2) is 12.0 Å². The van der Waals surface area contributed by atoms with E-state index in [4.69, 9.17) is 0 Å². The van der Waals surface area contributed by atoms with Crippen molar-refractivity contribution in [2.45, 2.75) is 13.5 Å². The highest BCUT2D eigenvalue weighted by Crippen LogP contribution is 2.24. The monoisotopic (exact) mass is 230 g/mol. The third-order valence-electron chi connectivity index (χ3n) is 2.76. The van der Waals surface area contributed by atoms with Crippen LogP contribution in [0.2, 0.25) is 0 Å². The minimum absolute atomic E-state index is 0.176. The molecule has 88 valence electrons. The molecular formula is C14H15FN2. The van der Waals surface area contributed by atoms with Crippen LogP contribution >= 0.6 is 0 Å². The van der Waals surface area contributed by atoms with Crippen LogP contribution in [0.15, 0.2) is 36.7 Å². The van der Waals surface area contributed by atoms with Gasteiger partial charge in [-0.3, -0.25) is 4.98 Å². The maximum atomic E-state index is 13.5. The molecule has 0 saturated carbocycles. The summed E-state index contributed by atoms with van der Waals surface area (Å²) in [6.07, 6.45) is 3.57. The van der Waals surface area contributed by atoms with E-state index in [1.807, 2.05) is 25.3 Å². The van der Waals surface area contributed by atoms with Crippen molar-refractivity contribution < 1.29 is 4.39 Å². The second-order valence-electron chi connectivity index (χ2n) is 4.03. The molecule has 0 aliphatic rings. The number of hydrogen-bond acceptors (Lipinski definition) is 2. The minimum Gasteiger partial charge on any atom is -0.316 e. The summed E-state index contributed by atoms with van der Waals surface area (Å²) in [5.41, 5.74) is 3.86. The molecule has 2 aromatic rings. The Morgan fingerprint density at radius 1 is 1.29 bits per heavy atom. The quantitative estimate of drug-likeness (QED) is 0.877. The number of aryl methyl sites for hydroxylation is 1. The van der Waals surface area contributed by atoms with Gasteiger partial charge in [-0.05, 0) is 43.3 Å². The van der Waals surface area contributed by atoms with Crippen LogP contribution in [0.1, 0.15) is 11.1 Å². The zero-order chi connectivity index (χ0) is 12.3. The average Bonchev–Trinajstić information content (AvgIpc) is 2.33. The van der Waals surface area contributed by atoms with E-state index >= 15 is 0 Å². The zero-order valence-electron chi connectivity index (χ0n) is 10.00. The lowest BCUT2D eigenvalue weighted by atomic mass is 10.0. The fourth-order valence-corrected chi connectivity index (χ4v) is 1.83. The molecule has 3 heteroatoms. The average molecular weight is 230 g/mol. The summed E-state index contributed by atoms with van der Waals surface area (Å²) in [6, 6.07) is 7.12. The number of aromatic nitrogens is 1. The van der Waals surface area contributed by atoms with Crippen molar-refractivity contribution in [2.24, 2.45) is 0 Å². The molecule has 1 aromatic carbocycles. The van der Waals surface area contributed by atoms with Crippen LogP contribution in [0.3, 0.4) is 0 Å². The van der Waals surface area contributed by atoms with E-state index in [0.29, 0.717) is 12.1 Å². The SMILES string of the molecule is CNCc1cc(-c2cnccc2C)ccc1F. The number of hydrogen-bond donors (Lipinski definition) is 1. The van der Waals surface area contributed by atoms with Gasteiger partial charge in [0.05, 0.1) is 0 Å². The number of nitrogens with one attached hydrogen (secondary N) is 1. The van der Waals surface area contributed by atoms with Crippen molar-refractivity contribution in [1.29, 1.82) is 0 Å². The number of nitrogens with zero attached hydrogens (tertiary/aromatic N) is 1. The molecule has 1 heterocycles. The first-order valence-corrected chi connectivity index (χ1v) is 5.56. The van der Waals surface area contributed by atoms with Crippen molar-refractivity contribution in [3.8, 4) is 11.1 Å². The molecule has 0 aliphatic heterocycles. The molecule has 0 saturated heterocycles. The summed E-state index contributed by atoms with van der Waals surface area (Å²) >= 11 is 0. The lowest BCUT2D eigenvalue weighted by Gasteiger charge is -2.08. The van der Waals surface area contributed by atoms with Crippen LogP contribution in [0.25, 0.3) is 11.1 Å². The molecular weight excluding hydrogens is 215 g/mol. The van der Waals surface area contributed by atoms with Gasteiger partial charge in [-0.1, -0.05) is 6.07 Å². The second-order valence-corrected chi connectivity index (χ2v) is 4.03. The van der Waals surface area contributed by atoms with Gasteiger partial charge in [-0.15, -0.1) is 0 Å². The van der Waals surface area contributed by atoms with Gasteiger partial charge in [0.2, 0.25) is 0 Å². The van der Waals surface area contributed by atoms with E-state index < -0.39 is 0 Å². The number of rotatable bonds is 3. The molecule has 0 fully saturated rings. The molecule has 2 nitrogen and oxygen atoms in total. The molecule has 0 atom stereocenters. The molecule has 1 aromatic heterocycles. The number of benzene rings is 1. The number of pyridine rings is 1. The molecule has 1 N–H and O–H groups in total. The Kier molecular flexibility index (Phi) is 3.49. The van der Waals surface area contributed by atoms with E-state index in [1.54, 1.807) is 19.3 Å². The standard InChI is InChI=1S/C14H15FN2/c1-10-5-6-17-9-13(10)11-3-4-14(15)12(7-11)8-16-2/h3-7,9,16H,8H2,1-2H3. The highest BCUT2D eigenvalue weighted by molar-refractivity contribution is 5.66. The first kappa shape index (κ1) is 11.7. The van der Waals surface area contributed by atoms with Crippen molar-refractivity contribution in [1.82, 2.24) is 10.3 Å². The smallest absolute Gasteiger partial charge is 0.127 e. The highest BCUT2D eigenvalue weighted by Gasteiger charge is 2.06. The van der Waals surface area contributed by atoms with Gasteiger partial charge >= 0.3 is 0 Å². The fourth-order valence-electron chi connectivity index (χ4n) is 1.83. The number of halogens is 1. The Labute approximate surface area is 101 Å². The molecule has 2 rings (SSSR count). The molecule has 17 heavy (non-hydrogen) atoms. The third-order valence-corrected chi connectivity index (χ3v) is 2.76. The summed E-state index contributed by atoms with van der Waals surface area (Å²) in [5.74, 6) is -0.176. The van der Waals surface area contributed by atoms with Crippen molar-refractivity contribution in [3.05, 3.63) is 53.6 Å². The zero-order valence-corrected chi connectivity index (χ0v) is 10.00. The van der Waals surface area contributed by atoms with E-state index in [1.165, 1.54) is 6.07 Å². The highest BCUT2D eigenvalue weighted by atomic mass is 19.1. The first-order chi connectivity index (χ1) is 8.22. The predicted molar refractivity (Wildman–Crippen MR) is 67.1 cm³/mol. The Hall–Kier alpha value is -1.74. The lowest BCUT2D eigenvalue weighted by molar-refractivity contribution is 0.601. The molecule has 0 aliphatic carbocycles. The van der Waals surface area contributed by atoms with E-state index in [9.17, 15) is 4.39 Å². The molecule has 0 spiro atoms. The maximum Gasteiger partial charge on any atom is 0.127 e. The van der Waals surface area contributed by atoms with Crippen LogP contribution in [0.5, 0.6) is 0 Å². The minimum atomic E-state index is -0.176. The normalized spacial score (nSPS) is 10.5. The lowest BCUT2D eigenvalue weighted by Crippen LogP contribution is -2.07. The third kappa shape index (κ3) is 2.50. The van der Waals surface area contributed by atoms with E-state index in [0.717, 1.165) is 16.7 Å². The molecule has 0 bridgehead atoms. The van der Waals surface area contributed by atoms with Crippen LogP contribution in [0.4, 0.5) is 4.39 Å². The van der Waals surface area contributed by atoms with Crippen molar-refractivity contribution >= 4 is 0 Å². The van der Waals surface area contributed by atoms with Gasteiger partial charge in [-0.2, -0.15) is 0 Å². The molecule has 0 radical (unpaired) electrons. The van der Waals surface area contributed by atoms with E-state index in [-0.39, 0.29) is 5.82 Å². The summed E-state index contributed by atoms with van der Waals surface area (Å²) in [6.45, 7) is 2.55. The Balaban J connectivity index is 2.46. The summed E-state index contributed by atoms with van der Waals surface area (Å²) < 4.78 is 13.5. The first-order valence-electron chi connectivity index (χ1n) is 5.56. The second kappa shape index (κ2) is 5.06. The van der Waals surface area contributed by atoms with Gasteiger partial charge in [0.1, 0.15) is 5.82 Å². The molecule has 0 amide bonds. The summed E-state index contributed by atoms with van der Waals surface area (Å²) in [4.78, 5) is 4.11. The van der Waals surface area contributed by atoms with Crippen molar-refractivity contribution in [3.63, 3.8) is 0 Å². The molecule has 0 unspecified atom stereocenters. The van der Waals surface area contributed by atoms with Crippen molar-refractivity contribution in [2.75, 3.05) is 7.05 Å². The summed E-state index contributed by atoms with van der Waals surface area (Å²) in [7, 11) is 1.81. The van der Waals surface area contributed by atoms with Gasteiger partial charge in [-0.25, -0.2) is 4.39 Å². The predicted octanol–water partition coefficient (Wildman–Crippen LogP) is 2.92. The van der Waals surface area contributed by atoms with Gasteiger partial charge in [0, 0.05) is 30.1 Å². The van der Waals surface area contributed by atoms with Gasteiger partial charge in [0.15, 0.2) is 0 Å². The van der Waals surface area contributed by atoms with Crippen LogP contribution in [0, 0.1) is 12.7 Å². The Morgan fingerprint density at radius 2 is 2.12 bits per heavy atom. The fraction of sp³-hybridized carbons (Fsp3) is 0.214. The topological polar surface area (TPSA) is 24.9 Å². The summed E-state index contributed by atoms with van der Waals surface area (Å²) in [5, 5.41) is 2.96. The largest absolute Gasteiger partial charge is 0.316 e. The van der Waals surface area contributed by atoms with Crippen LogP contribution < -0.4 is 5.32 Å². The van der Waals surface area contributed by atoms with E-state index in [2.05, 4.69) is 10.3 Å². The Bertz CT molecular complexity index is 523.